The van der Waals surface area contributed by atoms with E-state index in [2.05, 4.69) is 0 Å². The van der Waals surface area contributed by atoms with Crippen LogP contribution < -0.4 is 0 Å². The molecule has 2 unspecified atom stereocenters. The Morgan fingerprint density at radius 1 is 1.71 bits per heavy atom. The van der Waals surface area contributed by atoms with Gasteiger partial charge in [-0.25, -0.2) is 0 Å². The Labute approximate surface area is 84.7 Å². The van der Waals surface area contributed by atoms with Crippen molar-refractivity contribution >= 4 is 19.9 Å². The van der Waals surface area contributed by atoms with E-state index < -0.39 is 5.97 Å². The maximum absolute atomic E-state index is 11.3. The zero-order valence-corrected chi connectivity index (χ0v) is 8.69. The van der Waals surface area contributed by atoms with Gasteiger partial charge in [0.15, 0.2) is 0 Å². The minimum absolute atomic E-state index is 0.179. The zero-order valence-electron chi connectivity index (χ0n) is 8.69. The van der Waals surface area contributed by atoms with E-state index in [1.165, 1.54) is 0 Å². The van der Waals surface area contributed by atoms with Crippen molar-refractivity contribution in [1.82, 2.24) is 4.81 Å². The van der Waals surface area contributed by atoms with Gasteiger partial charge >= 0.3 is 5.97 Å². The molecule has 1 rings (SSSR count). The molecule has 1 saturated heterocycles. The molecular formula is C9H16BNO3. The average molecular weight is 197 g/mol. The summed E-state index contributed by atoms with van der Waals surface area (Å²) in [6, 6.07) is 0.238. The van der Waals surface area contributed by atoms with Crippen LogP contribution in [0.3, 0.4) is 0 Å². The molecule has 0 aromatic rings. The largest absolute Gasteiger partial charge is 0.481 e. The molecule has 1 heterocycles. The maximum atomic E-state index is 11.3. The summed E-state index contributed by atoms with van der Waals surface area (Å²) in [4.78, 5) is 23.4. The molecule has 78 valence electrons. The van der Waals surface area contributed by atoms with E-state index >= 15 is 0 Å². The number of carbonyl (C=O) groups is 2. The molecular weight excluding hydrogens is 181 g/mol. The molecule has 0 spiro atoms. The highest BCUT2D eigenvalue weighted by Crippen LogP contribution is 2.26. The normalized spacial score (nSPS) is 26.9. The number of carboxylic acid groups (broad SMARTS) is 1. The second-order valence-electron chi connectivity index (χ2n) is 4.04. The van der Waals surface area contributed by atoms with Gasteiger partial charge in [-0.15, -0.1) is 0 Å². The van der Waals surface area contributed by atoms with Crippen LogP contribution >= 0.6 is 0 Å². The second-order valence-corrected chi connectivity index (χ2v) is 4.04. The van der Waals surface area contributed by atoms with Gasteiger partial charge < -0.3 is 9.92 Å². The van der Waals surface area contributed by atoms with E-state index in [1.807, 2.05) is 6.92 Å². The lowest BCUT2D eigenvalue weighted by Gasteiger charge is -2.23. The summed E-state index contributed by atoms with van der Waals surface area (Å²) in [5, 5.41) is 8.49. The highest BCUT2D eigenvalue weighted by Gasteiger charge is 2.33. The fourth-order valence-corrected chi connectivity index (χ4v) is 2.06. The van der Waals surface area contributed by atoms with Crippen LogP contribution in [0.1, 0.15) is 32.6 Å². The molecule has 1 amide bonds. The van der Waals surface area contributed by atoms with Crippen LogP contribution in [0.4, 0.5) is 0 Å². The van der Waals surface area contributed by atoms with Gasteiger partial charge in [-0.1, -0.05) is 6.92 Å². The van der Waals surface area contributed by atoms with E-state index in [1.54, 1.807) is 12.8 Å². The molecule has 0 saturated carbocycles. The summed E-state index contributed by atoms with van der Waals surface area (Å²) < 4.78 is 0. The van der Waals surface area contributed by atoms with Crippen molar-refractivity contribution in [2.75, 3.05) is 0 Å². The molecule has 0 bridgehead atoms. The molecule has 4 nitrogen and oxygen atoms in total. The topological polar surface area (TPSA) is 57.6 Å². The van der Waals surface area contributed by atoms with Crippen LogP contribution in [0.25, 0.3) is 0 Å². The first-order valence-corrected chi connectivity index (χ1v) is 5.00. The van der Waals surface area contributed by atoms with Crippen molar-refractivity contribution in [3.05, 3.63) is 0 Å². The van der Waals surface area contributed by atoms with Crippen molar-refractivity contribution in [3.63, 3.8) is 0 Å². The van der Waals surface area contributed by atoms with Crippen molar-refractivity contribution in [1.29, 1.82) is 0 Å². The van der Waals surface area contributed by atoms with Crippen LogP contribution in [0.5, 0.6) is 0 Å². The van der Waals surface area contributed by atoms with Crippen molar-refractivity contribution in [2.45, 2.75) is 38.6 Å². The number of nitrogens with zero attached hydrogens (tertiary/aromatic N) is 1. The number of carboxylic acids is 1. The lowest BCUT2D eigenvalue weighted by molar-refractivity contribution is -0.137. The summed E-state index contributed by atoms with van der Waals surface area (Å²) in [5.74, 6) is -0.219. The van der Waals surface area contributed by atoms with E-state index in [-0.39, 0.29) is 18.4 Å². The van der Waals surface area contributed by atoms with E-state index in [0.29, 0.717) is 18.8 Å². The molecule has 0 radical (unpaired) electrons. The van der Waals surface area contributed by atoms with E-state index in [9.17, 15) is 9.59 Å². The summed E-state index contributed by atoms with van der Waals surface area (Å²) in [6.07, 6.45) is 2.26. The minimum Gasteiger partial charge on any atom is -0.481 e. The van der Waals surface area contributed by atoms with Crippen LogP contribution in [-0.4, -0.2) is 35.8 Å². The van der Waals surface area contributed by atoms with Gasteiger partial charge in [0.05, 0.1) is 0 Å². The molecule has 0 aromatic carbocycles. The fourth-order valence-electron chi connectivity index (χ4n) is 2.06. The van der Waals surface area contributed by atoms with Gasteiger partial charge in [0.1, 0.15) is 0 Å². The Morgan fingerprint density at radius 3 is 2.79 bits per heavy atom. The van der Waals surface area contributed by atoms with Gasteiger partial charge in [0.25, 0.3) is 0 Å². The third kappa shape index (κ3) is 2.50. The first-order valence-electron chi connectivity index (χ1n) is 5.00. The Morgan fingerprint density at radius 2 is 2.36 bits per heavy atom. The number of rotatable bonds is 4. The average Bonchev–Trinajstić information content (AvgIpc) is 2.31. The predicted octanol–water partition coefficient (Wildman–Crippen LogP) is 0.0264. The molecule has 5 heteroatoms. The highest BCUT2D eigenvalue weighted by atomic mass is 16.4. The quantitative estimate of drug-likeness (QED) is 0.646. The highest BCUT2D eigenvalue weighted by molar-refractivity contribution is 6.15. The molecule has 0 aromatic heterocycles. The Hall–Kier alpha value is -0.995. The molecule has 0 aliphatic carbocycles. The maximum Gasteiger partial charge on any atom is 0.303 e. The second kappa shape index (κ2) is 4.48. The van der Waals surface area contributed by atoms with Crippen molar-refractivity contribution in [3.8, 4) is 0 Å². The smallest absolute Gasteiger partial charge is 0.303 e. The van der Waals surface area contributed by atoms with Crippen LogP contribution in [0, 0.1) is 5.92 Å². The zero-order chi connectivity index (χ0) is 10.7. The standard InChI is InChI=1S/C9H16BNO3/c1-6-5-8(12)11(10)7(6)3-2-4-9(13)14/h6-7H,2-5,10H2,1H3,(H,13,14). The van der Waals surface area contributed by atoms with E-state index in [0.717, 1.165) is 6.42 Å². The monoisotopic (exact) mass is 197 g/mol. The third-order valence-electron chi connectivity index (χ3n) is 2.93. The van der Waals surface area contributed by atoms with Crippen molar-refractivity contribution < 1.29 is 14.7 Å². The van der Waals surface area contributed by atoms with Gasteiger partial charge in [-0.05, 0) is 18.8 Å². The molecule has 1 aliphatic heterocycles. The van der Waals surface area contributed by atoms with Gasteiger partial charge in [0.2, 0.25) is 13.9 Å². The molecule has 1 aliphatic rings. The number of carbonyl (C=O) groups excluding carboxylic acids is 1. The van der Waals surface area contributed by atoms with Crippen molar-refractivity contribution in [2.24, 2.45) is 5.92 Å². The van der Waals surface area contributed by atoms with Gasteiger partial charge in [0, 0.05) is 18.9 Å². The lowest BCUT2D eigenvalue weighted by Crippen LogP contribution is -2.32. The number of hydrogen-bond donors (Lipinski definition) is 1. The van der Waals surface area contributed by atoms with E-state index in [4.69, 9.17) is 5.11 Å². The number of hydrogen-bond acceptors (Lipinski definition) is 2. The first kappa shape index (κ1) is 11.1. The van der Waals surface area contributed by atoms with Gasteiger partial charge in [-0.2, -0.15) is 0 Å². The van der Waals surface area contributed by atoms with Gasteiger partial charge in [-0.3, -0.25) is 9.59 Å². The molecule has 1 fully saturated rings. The Kier molecular flexibility index (Phi) is 3.55. The van der Waals surface area contributed by atoms with Crippen LogP contribution in [-0.2, 0) is 9.59 Å². The molecule has 2 atom stereocenters. The minimum atomic E-state index is -0.760. The summed E-state index contributed by atoms with van der Waals surface area (Å²) >= 11 is 0. The third-order valence-corrected chi connectivity index (χ3v) is 2.93. The molecule has 14 heavy (non-hydrogen) atoms. The Bertz CT molecular complexity index is 244. The summed E-state index contributed by atoms with van der Waals surface area (Å²) in [7, 11) is 1.80. The predicted molar refractivity (Wildman–Crippen MR) is 54.4 cm³/mol. The molecule has 1 N–H and O–H groups in total. The van der Waals surface area contributed by atoms with Crippen LogP contribution in [0.15, 0.2) is 0 Å². The summed E-state index contributed by atoms with van der Waals surface area (Å²) in [5.41, 5.74) is 0. The number of amides is 1. The number of aliphatic carboxylic acids is 1. The first-order chi connectivity index (χ1) is 6.52. The Balaban J connectivity index is 2.36. The van der Waals surface area contributed by atoms with Crippen LogP contribution in [0.2, 0.25) is 0 Å². The fraction of sp³-hybridized carbons (Fsp3) is 0.778. The lowest BCUT2D eigenvalue weighted by atomic mass is 9.96. The summed E-state index contributed by atoms with van der Waals surface area (Å²) in [6.45, 7) is 2.05. The SMILES string of the molecule is BN1C(=O)CC(C)C1CCCC(=O)O.